The van der Waals surface area contributed by atoms with Crippen LogP contribution < -0.4 is 4.74 Å². The lowest BCUT2D eigenvalue weighted by molar-refractivity contribution is -0.123. The molecule has 3 rings (SSSR count). The number of rotatable bonds is 6. The van der Waals surface area contributed by atoms with Crippen LogP contribution >= 0.6 is 0 Å². The number of ether oxygens (including phenoxy) is 3. The van der Waals surface area contributed by atoms with Crippen LogP contribution in [0.4, 0.5) is 8.78 Å². The molecule has 1 aliphatic heterocycles. The van der Waals surface area contributed by atoms with E-state index in [1.54, 1.807) is 6.08 Å². The molecule has 1 aromatic rings. The van der Waals surface area contributed by atoms with E-state index in [4.69, 9.17) is 14.2 Å². The first-order chi connectivity index (χ1) is 12.4. The molecule has 0 aromatic heterocycles. The normalized spacial score (nSPS) is 25.9. The Labute approximate surface area is 151 Å². The molecule has 1 heterocycles. The summed E-state index contributed by atoms with van der Waals surface area (Å²) in [6.45, 7) is 5.64. The Kier molecular flexibility index (Phi) is 5.14. The lowest BCUT2D eigenvalue weighted by Gasteiger charge is -2.38. The van der Waals surface area contributed by atoms with Crippen LogP contribution in [-0.2, 0) is 20.7 Å². The van der Waals surface area contributed by atoms with Gasteiger partial charge in [-0.15, -0.1) is 6.58 Å². The highest BCUT2D eigenvalue weighted by atomic mass is 19.1. The summed E-state index contributed by atoms with van der Waals surface area (Å²) in [5.41, 5.74) is -0.582. The predicted molar refractivity (Wildman–Crippen MR) is 91.6 cm³/mol. The number of carbonyl (C=O) groups is 1. The second-order valence-electron chi connectivity index (χ2n) is 6.82. The minimum atomic E-state index is -0.815. The van der Waals surface area contributed by atoms with Crippen LogP contribution in [0.2, 0.25) is 0 Å². The average molecular weight is 364 g/mol. The average Bonchev–Trinajstić information content (AvgIpc) is 3.02. The third-order valence-electron chi connectivity index (χ3n) is 5.27. The number of benzene rings is 1. The Hall–Kier alpha value is -2.21. The van der Waals surface area contributed by atoms with Gasteiger partial charge >= 0.3 is 0 Å². The van der Waals surface area contributed by atoms with E-state index in [0.717, 1.165) is 12.1 Å². The highest BCUT2D eigenvalue weighted by molar-refractivity contribution is 5.93. The summed E-state index contributed by atoms with van der Waals surface area (Å²) in [5.74, 6) is -1.30. The van der Waals surface area contributed by atoms with Gasteiger partial charge in [-0.1, -0.05) is 13.0 Å². The van der Waals surface area contributed by atoms with Gasteiger partial charge in [0, 0.05) is 18.1 Å². The Morgan fingerprint density at radius 3 is 2.88 bits per heavy atom. The molecule has 140 valence electrons. The number of methoxy groups -OCH3 is 1. The molecule has 0 N–H and O–H groups in total. The number of halogens is 2. The van der Waals surface area contributed by atoms with Gasteiger partial charge in [0.05, 0.1) is 7.11 Å². The van der Waals surface area contributed by atoms with Crippen molar-refractivity contribution in [1.82, 2.24) is 0 Å². The third kappa shape index (κ3) is 3.14. The Morgan fingerprint density at radius 1 is 1.42 bits per heavy atom. The zero-order valence-corrected chi connectivity index (χ0v) is 14.9. The first-order valence-electron chi connectivity index (χ1n) is 8.57. The number of carbonyl (C=O) groups excluding carboxylic acids is 1. The van der Waals surface area contributed by atoms with Crippen molar-refractivity contribution in [2.75, 3.05) is 13.9 Å². The molecule has 1 aromatic carbocycles. The van der Waals surface area contributed by atoms with Gasteiger partial charge in [0.1, 0.15) is 17.2 Å². The summed E-state index contributed by atoms with van der Waals surface area (Å²) in [6.07, 6.45) is 4.39. The standard InChI is InChI=1S/C20H22F2O4/c1-4-5-13-10-20(19(9-17(13)23)25-11-26-20)12(2)6-14-7-16(22)18(24-3)8-15(14)21/h4,7-9,12-13H,1,5-6,10-11H2,2-3H3. The highest BCUT2D eigenvalue weighted by Crippen LogP contribution is 2.46. The number of hydrogen-bond donors (Lipinski definition) is 0. The van der Waals surface area contributed by atoms with Gasteiger partial charge in [0.15, 0.2) is 24.1 Å². The largest absolute Gasteiger partial charge is 0.494 e. The van der Waals surface area contributed by atoms with Crippen LogP contribution in [0.1, 0.15) is 25.3 Å². The van der Waals surface area contributed by atoms with Gasteiger partial charge in [0.25, 0.3) is 0 Å². The molecule has 0 spiro atoms. The molecule has 4 nitrogen and oxygen atoms in total. The van der Waals surface area contributed by atoms with Gasteiger partial charge in [-0.3, -0.25) is 4.79 Å². The molecule has 3 unspecified atom stereocenters. The quantitative estimate of drug-likeness (QED) is 0.717. The summed E-state index contributed by atoms with van der Waals surface area (Å²) < 4.78 is 44.6. The molecule has 6 heteroatoms. The maximum Gasteiger partial charge on any atom is 0.189 e. The Bertz CT molecular complexity index is 758. The maximum absolute atomic E-state index is 14.3. The molecule has 1 aliphatic carbocycles. The van der Waals surface area contributed by atoms with Crippen LogP contribution in [-0.4, -0.2) is 25.3 Å². The van der Waals surface area contributed by atoms with Crippen LogP contribution in [0.15, 0.2) is 36.6 Å². The van der Waals surface area contributed by atoms with Crippen molar-refractivity contribution in [2.45, 2.75) is 31.8 Å². The fourth-order valence-corrected chi connectivity index (χ4v) is 3.79. The van der Waals surface area contributed by atoms with Gasteiger partial charge < -0.3 is 14.2 Å². The van der Waals surface area contributed by atoms with E-state index in [9.17, 15) is 13.6 Å². The van der Waals surface area contributed by atoms with E-state index in [2.05, 4.69) is 6.58 Å². The zero-order valence-electron chi connectivity index (χ0n) is 14.9. The van der Waals surface area contributed by atoms with Crippen LogP contribution in [0.25, 0.3) is 0 Å². The fourth-order valence-electron chi connectivity index (χ4n) is 3.79. The second-order valence-corrected chi connectivity index (χ2v) is 6.82. The molecule has 1 saturated heterocycles. The summed E-state index contributed by atoms with van der Waals surface area (Å²) in [6, 6.07) is 2.19. The van der Waals surface area contributed by atoms with Gasteiger partial charge in [-0.25, -0.2) is 8.78 Å². The highest BCUT2D eigenvalue weighted by Gasteiger charge is 2.51. The summed E-state index contributed by atoms with van der Waals surface area (Å²) in [7, 11) is 1.29. The number of ketones is 1. The lowest BCUT2D eigenvalue weighted by Crippen LogP contribution is -2.45. The fraction of sp³-hybridized carbons (Fsp3) is 0.450. The second kappa shape index (κ2) is 7.19. The minimum absolute atomic E-state index is 0.0186. The maximum atomic E-state index is 14.3. The van der Waals surface area contributed by atoms with Crippen LogP contribution in [0.5, 0.6) is 5.75 Å². The van der Waals surface area contributed by atoms with Crippen molar-refractivity contribution < 1.29 is 27.8 Å². The summed E-state index contributed by atoms with van der Waals surface area (Å²) in [5, 5.41) is 0. The van der Waals surface area contributed by atoms with Gasteiger partial charge in [-0.05, 0) is 36.8 Å². The van der Waals surface area contributed by atoms with Crippen LogP contribution in [0, 0.1) is 23.5 Å². The number of allylic oxidation sites excluding steroid dienone is 2. The van der Waals surface area contributed by atoms with Crippen molar-refractivity contribution in [3.63, 3.8) is 0 Å². The van der Waals surface area contributed by atoms with Crippen molar-refractivity contribution >= 4 is 5.78 Å². The molecule has 3 atom stereocenters. The van der Waals surface area contributed by atoms with E-state index in [1.165, 1.54) is 13.2 Å². The monoisotopic (exact) mass is 364 g/mol. The number of hydrogen-bond acceptors (Lipinski definition) is 4. The summed E-state index contributed by atoms with van der Waals surface area (Å²) >= 11 is 0. The van der Waals surface area contributed by atoms with Crippen molar-refractivity contribution in [2.24, 2.45) is 11.8 Å². The molecule has 0 saturated carbocycles. The molecular weight excluding hydrogens is 342 g/mol. The molecular formula is C20H22F2O4. The Balaban J connectivity index is 1.89. The first-order valence-corrected chi connectivity index (χ1v) is 8.57. The number of fused-ring (bicyclic) bond motifs is 1. The first kappa shape index (κ1) is 18.6. The van der Waals surface area contributed by atoms with E-state index in [1.807, 2.05) is 6.92 Å². The smallest absolute Gasteiger partial charge is 0.189 e. The third-order valence-corrected chi connectivity index (χ3v) is 5.27. The molecule has 26 heavy (non-hydrogen) atoms. The minimum Gasteiger partial charge on any atom is -0.494 e. The lowest BCUT2D eigenvalue weighted by atomic mass is 9.71. The predicted octanol–water partition coefficient (Wildman–Crippen LogP) is 3.94. The van der Waals surface area contributed by atoms with E-state index in [0.29, 0.717) is 18.6 Å². The molecule has 1 fully saturated rings. The Morgan fingerprint density at radius 2 is 2.19 bits per heavy atom. The van der Waals surface area contributed by atoms with E-state index < -0.39 is 17.2 Å². The molecule has 0 radical (unpaired) electrons. The molecule has 0 amide bonds. The summed E-state index contributed by atoms with van der Waals surface area (Å²) in [4.78, 5) is 12.2. The SMILES string of the molecule is C=CCC1CC2(C(C)Cc3cc(F)c(OC)cc3F)OCOC2=CC1=O. The van der Waals surface area contributed by atoms with Gasteiger partial charge in [-0.2, -0.15) is 0 Å². The van der Waals surface area contributed by atoms with Crippen molar-refractivity contribution in [3.8, 4) is 5.75 Å². The molecule has 0 bridgehead atoms. The van der Waals surface area contributed by atoms with E-state index >= 15 is 0 Å². The van der Waals surface area contributed by atoms with Crippen molar-refractivity contribution in [3.05, 3.63) is 53.8 Å². The van der Waals surface area contributed by atoms with Crippen molar-refractivity contribution in [1.29, 1.82) is 0 Å². The van der Waals surface area contributed by atoms with Crippen LogP contribution in [0.3, 0.4) is 0 Å². The zero-order chi connectivity index (χ0) is 18.9. The van der Waals surface area contributed by atoms with Gasteiger partial charge in [0.2, 0.25) is 0 Å². The van der Waals surface area contributed by atoms with E-state index in [-0.39, 0.29) is 42.1 Å². The molecule has 2 aliphatic rings. The topological polar surface area (TPSA) is 44.8 Å².